The van der Waals surface area contributed by atoms with Crippen LogP contribution in [0.25, 0.3) is 0 Å². The highest BCUT2D eigenvalue weighted by atomic mass is 35.5. The van der Waals surface area contributed by atoms with Gasteiger partial charge in [-0.1, -0.05) is 66.2 Å². The summed E-state index contributed by atoms with van der Waals surface area (Å²) in [6, 6.07) is 21.8. The lowest BCUT2D eigenvalue weighted by Gasteiger charge is -2.19. The van der Waals surface area contributed by atoms with Crippen molar-refractivity contribution in [3.05, 3.63) is 106 Å². The lowest BCUT2D eigenvalue weighted by molar-refractivity contribution is -0.121. The Labute approximate surface area is 180 Å². The number of halogens is 2. The fraction of sp³-hybridized carbons (Fsp3) is 0.167. The Balaban J connectivity index is 1.62. The number of hydrogen-bond acceptors (Lipinski definition) is 2. The SMILES string of the molecule is O=C(CC(NC(=O)c1ccccc1Cl)c1ccccc1)NCCc1ccc(F)cc1. The molecule has 0 fully saturated rings. The first-order chi connectivity index (χ1) is 14.5. The predicted octanol–water partition coefficient (Wildman–Crippen LogP) is 4.70. The Bertz CT molecular complexity index is 994. The van der Waals surface area contributed by atoms with E-state index in [1.807, 2.05) is 30.3 Å². The van der Waals surface area contributed by atoms with Gasteiger partial charge in [0.15, 0.2) is 0 Å². The third-order valence-corrected chi connectivity index (χ3v) is 4.99. The summed E-state index contributed by atoms with van der Waals surface area (Å²) in [6.07, 6.45) is 0.678. The van der Waals surface area contributed by atoms with E-state index < -0.39 is 6.04 Å². The Hall–Kier alpha value is -3.18. The Morgan fingerprint density at radius 2 is 1.57 bits per heavy atom. The van der Waals surface area contributed by atoms with Crippen molar-refractivity contribution >= 4 is 23.4 Å². The Morgan fingerprint density at radius 1 is 0.900 bits per heavy atom. The van der Waals surface area contributed by atoms with Gasteiger partial charge in [-0.2, -0.15) is 0 Å². The molecule has 3 aromatic carbocycles. The maximum atomic E-state index is 13.0. The highest BCUT2D eigenvalue weighted by Crippen LogP contribution is 2.20. The highest BCUT2D eigenvalue weighted by Gasteiger charge is 2.20. The molecule has 4 nitrogen and oxygen atoms in total. The number of hydrogen-bond donors (Lipinski definition) is 2. The van der Waals surface area contributed by atoms with Crippen LogP contribution in [0.5, 0.6) is 0 Å². The zero-order valence-electron chi connectivity index (χ0n) is 16.3. The number of nitrogens with one attached hydrogen (secondary N) is 2. The summed E-state index contributed by atoms with van der Waals surface area (Å²) in [7, 11) is 0. The molecule has 3 rings (SSSR count). The molecule has 0 bridgehead atoms. The second-order valence-corrected chi connectivity index (χ2v) is 7.25. The molecule has 6 heteroatoms. The number of amides is 2. The van der Waals surface area contributed by atoms with Crippen LogP contribution < -0.4 is 10.6 Å². The van der Waals surface area contributed by atoms with Crippen LogP contribution in [0.3, 0.4) is 0 Å². The van der Waals surface area contributed by atoms with Crippen LogP contribution in [0.15, 0.2) is 78.9 Å². The van der Waals surface area contributed by atoms with E-state index in [0.29, 0.717) is 23.6 Å². The quantitative estimate of drug-likeness (QED) is 0.550. The molecule has 0 saturated heterocycles. The number of carbonyl (C=O) groups excluding carboxylic acids is 2. The molecule has 0 aliphatic carbocycles. The molecule has 0 spiro atoms. The van der Waals surface area contributed by atoms with E-state index in [4.69, 9.17) is 11.6 Å². The van der Waals surface area contributed by atoms with Gasteiger partial charge in [-0.25, -0.2) is 4.39 Å². The normalized spacial score (nSPS) is 11.5. The van der Waals surface area contributed by atoms with Crippen molar-refractivity contribution in [2.24, 2.45) is 0 Å². The van der Waals surface area contributed by atoms with Crippen LogP contribution >= 0.6 is 11.6 Å². The summed E-state index contributed by atoms with van der Waals surface area (Å²) in [5.74, 6) is -0.818. The molecular formula is C24H22ClFN2O2. The largest absolute Gasteiger partial charge is 0.356 e. The van der Waals surface area contributed by atoms with Gasteiger partial charge in [-0.05, 0) is 41.8 Å². The minimum atomic E-state index is -0.499. The second-order valence-electron chi connectivity index (χ2n) is 6.85. The molecule has 2 N–H and O–H groups in total. The minimum absolute atomic E-state index is 0.0869. The molecule has 3 aromatic rings. The average molecular weight is 425 g/mol. The maximum Gasteiger partial charge on any atom is 0.253 e. The first-order valence-electron chi connectivity index (χ1n) is 9.64. The van der Waals surface area contributed by atoms with Crippen molar-refractivity contribution in [1.29, 1.82) is 0 Å². The monoisotopic (exact) mass is 424 g/mol. The van der Waals surface area contributed by atoms with Gasteiger partial charge in [0.2, 0.25) is 5.91 Å². The first kappa shape index (κ1) is 21.5. The molecule has 2 amide bonds. The van der Waals surface area contributed by atoms with Gasteiger partial charge in [0.1, 0.15) is 5.82 Å². The summed E-state index contributed by atoms with van der Waals surface area (Å²) < 4.78 is 13.0. The summed E-state index contributed by atoms with van der Waals surface area (Å²) in [6.45, 7) is 0.421. The van der Waals surface area contributed by atoms with Crippen molar-refractivity contribution < 1.29 is 14.0 Å². The van der Waals surface area contributed by atoms with E-state index in [-0.39, 0.29) is 24.1 Å². The Morgan fingerprint density at radius 3 is 2.27 bits per heavy atom. The van der Waals surface area contributed by atoms with Crippen molar-refractivity contribution in [3.63, 3.8) is 0 Å². The molecule has 154 valence electrons. The summed E-state index contributed by atoms with van der Waals surface area (Å²) >= 11 is 6.13. The molecule has 0 saturated carbocycles. The van der Waals surface area contributed by atoms with E-state index in [1.165, 1.54) is 12.1 Å². The fourth-order valence-electron chi connectivity index (χ4n) is 3.07. The van der Waals surface area contributed by atoms with Gasteiger partial charge in [0, 0.05) is 6.54 Å². The maximum absolute atomic E-state index is 13.0. The van der Waals surface area contributed by atoms with E-state index in [9.17, 15) is 14.0 Å². The number of carbonyl (C=O) groups is 2. The third-order valence-electron chi connectivity index (χ3n) is 4.66. The molecule has 0 radical (unpaired) electrons. The predicted molar refractivity (Wildman–Crippen MR) is 116 cm³/mol. The van der Waals surface area contributed by atoms with Crippen LogP contribution in [-0.2, 0) is 11.2 Å². The van der Waals surface area contributed by atoms with Crippen molar-refractivity contribution in [2.45, 2.75) is 18.9 Å². The lowest BCUT2D eigenvalue weighted by Crippen LogP contribution is -2.34. The summed E-state index contributed by atoms with van der Waals surface area (Å²) in [4.78, 5) is 25.2. The number of rotatable bonds is 8. The van der Waals surface area contributed by atoms with Crippen LogP contribution in [0.1, 0.15) is 33.9 Å². The summed E-state index contributed by atoms with van der Waals surface area (Å²) in [5.41, 5.74) is 2.12. The Kier molecular flexibility index (Phi) is 7.57. The number of benzene rings is 3. The van der Waals surface area contributed by atoms with Crippen molar-refractivity contribution in [3.8, 4) is 0 Å². The second kappa shape index (κ2) is 10.6. The van der Waals surface area contributed by atoms with Gasteiger partial charge in [0.25, 0.3) is 5.91 Å². The minimum Gasteiger partial charge on any atom is -0.356 e. The van der Waals surface area contributed by atoms with Crippen LogP contribution in [0.2, 0.25) is 5.02 Å². The molecule has 0 aromatic heterocycles. The smallest absolute Gasteiger partial charge is 0.253 e. The highest BCUT2D eigenvalue weighted by molar-refractivity contribution is 6.33. The lowest BCUT2D eigenvalue weighted by atomic mass is 10.0. The van der Waals surface area contributed by atoms with Gasteiger partial charge < -0.3 is 10.6 Å². The standard InChI is InChI=1S/C24H22ClFN2O2/c25-21-9-5-4-8-20(21)24(30)28-22(18-6-2-1-3-7-18)16-23(29)27-15-14-17-10-12-19(26)13-11-17/h1-13,22H,14-16H2,(H,27,29)(H,28,30). The zero-order valence-corrected chi connectivity index (χ0v) is 17.0. The van der Waals surface area contributed by atoms with Crippen molar-refractivity contribution in [2.75, 3.05) is 6.54 Å². The molecule has 0 heterocycles. The fourth-order valence-corrected chi connectivity index (χ4v) is 3.30. The van der Waals surface area contributed by atoms with E-state index in [2.05, 4.69) is 10.6 Å². The van der Waals surface area contributed by atoms with Gasteiger partial charge in [0.05, 0.1) is 23.0 Å². The van der Waals surface area contributed by atoms with Gasteiger partial charge >= 0.3 is 0 Å². The molecule has 0 aliphatic heterocycles. The van der Waals surface area contributed by atoms with Crippen LogP contribution in [0, 0.1) is 5.82 Å². The van der Waals surface area contributed by atoms with Crippen molar-refractivity contribution in [1.82, 2.24) is 10.6 Å². The van der Waals surface area contributed by atoms with Crippen LogP contribution in [-0.4, -0.2) is 18.4 Å². The summed E-state index contributed by atoms with van der Waals surface area (Å²) in [5, 5.41) is 6.12. The molecule has 30 heavy (non-hydrogen) atoms. The molecule has 0 aliphatic rings. The van der Waals surface area contributed by atoms with E-state index >= 15 is 0 Å². The average Bonchev–Trinajstić information content (AvgIpc) is 2.75. The zero-order chi connectivity index (χ0) is 21.3. The van der Waals surface area contributed by atoms with Gasteiger partial charge in [-0.15, -0.1) is 0 Å². The van der Waals surface area contributed by atoms with E-state index in [0.717, 1.165) is 11.1 Å². The first-order valence-corrected chi connectivity index (χ1v) is 10.0. The third kappa shape index (κ3) is 6.16. The molecular weight excluding hydrogens is 403 g/mol. The van der Waals surface area contributed by atoms with Crippen LogP contribution in [0.4, 0.5) is 4.39 Å². The molecule has 1 unspecified atom stereocenters. The van der Waals surface area contributed by atoms with E-state index in [1.54, 1.807) is 36.4 Å². The molecule has 1 atom stereocenters. The van der Waals surface area contributed by atoms with Gasteiger partial charge in [-0.3, -0.25) is 9.59 Å². The topological polar surface area (TPSA) is 58.2 Å².